The molecule has 8 heavy (non-hydrogen) atoms. The molecule has 0 rings (SSSR count). The summed E-state index contributed by atoms with van der Waals surface area (Å²) in [6, 6.07) is -0.471. The van der Waals surface area contributed by atoms with E-state index in [1.54, 1.807) is 0 Å². The molecule has 0 amide bonds. The number of hydrogen-bond donors (Lipinski definition) is 3. The van der Waals surface area contributed by atoms with E-state index in [0.29, 0.717) is 5.75 Å². The third-order valence-corrected chi connectivity index (χ3v) is 2.01. The largest absolute Gasteiger partial charge is 0.320 e. The van der Waals surface area contributed by atoms with Crippen LogP contribution in [0.1, 0.15) is 0 Å². The highest BCUT2D eigenvalue weighted by Gasteiger charge is 2.08. The maximum atomic E-state index is 10.5. The van der Waals surface area contributed by atoms with Crippen molar-refractivity contribution in [2.45, 2.75) is 6.04 Å². The molecule has 0 aliphatic carbocycles. The van der Waals surface area contributed by atoms with Crippen LogP contribution in [-0.2, 0) is 4.79 Å². The number of carbonyl (C=O) groups excluding carboxylic acids is 1. The predicted octanol–water partition coefficient (Wildman–Crippen LogP) is 0.348. The summed E-state index contributed by atoms with van der Waals surface area (Å²) in [5, 5.41) is -0.136. The van der Waals surface area contributed by atoms with Crippen molar-refractivity contribution >= 4 is 40.2 Å². The molecule has 2 nitrogen and oxygen atoms in total. The molecular formula is C3H7NOS3. The Bertz CT molecular complexity index is 86.6. The lowest BCUT2D eigenvalue weighted by Gasteiger charge is -2.00. The Labute approximate surface area is 62.8 Å². The molecule has 5 heteroatoms. The maximum absolute atomic E-state index is 10.5. The Morgan fingerprint density at radius 3 is 2.50 bits per heavy atom. The van der Waals surface area contributed by atoms with Gasteiger partial charge in [0.2, 0.25) is 5.12 Å². The molecule has 2 N–H and O–H groups in total. The second kappa shape index (κ2) is 4.55. The summed E-state index contributed by atoms with van der Waals surface area (Å²) in [6.45, 7) is 0. The fourth-order valence-electron chi connectivity index (χ4n) is 0.142. The predicted molar refractivity (Wildman–Crippen MR) is 43.4 cm³/mol. The van der Waals surface area contributed by atoms with Gasteiger partial charge in [-0.1, -0.05) is 0 Å². The normalized spacial score (nSPS) is 13.4. The van der Waals surface area contributed by atoms with Gasteiger partial charge in [0.25, 0.3) is 0 Å². The van der Waals surface area contributed by atoms with Gasteiger partial charge in [-0.15, -0.1) is 11.7 Å². The zero-order chi connectivity index (χ0) is 6.57. The number of hydrogen-bond acceptors (Lipinski definition) is 5. The van der Waals surface area contributed by atoms with E-state index in [4.69, 9.17) is 5.73 Å². The number of carbonyl (C=O) groups is 1. The van der Waals surface area contributed by atoms with Crippen LogP contribution in [0, 0.1) is 0 Å². The number of thiol groups is 2. The smallest absolute Gasteiger partial charge is 0.216 e. The molecule has 0 saturated heterocycles. The van der Waals surface area contributed by atoms with Crippen LogP contribution in [0.2, 0.25) is 0 Å². The molecule has 0 fully saturated rings. The van der Waals surface area contributed by atoms with Crippen LogP contribution in [0.5, 0.6) is 0 Å². The molecular weight excluding hydrogens is 162 g/mol. The SMILES string of the molecule is NC(CS)C(=O)SS. The van der Waals surface area contributed by atoms with E-state index in [1.165, 1.54) is 0 Å². The van der Waals surface area contributed by atoms with Crippen LogP contribution in [-0.4, -0.2) is 16.9 Å². The van der Waals surface area contributed by atoms with E-state index >= 15 is 0 Å². The van der Waals surface area contributed by atoms with Gasteiger partial charge in [-0.3, -0.25) is 4.79 Å². The van der Waals surface area contributed by atoms with E-state index in [9.17, 15) is 4.79 Å². The third kappa shape index (κ3) is 2.86. The van der Waals surface area contributed by atoms with Crippen molar-refractivity contribution in [2.75, 3.05) is 5.75 Å². The van der Waals surface area contributed by atoms with Crippen molar-refractivity contribution in [3.8, 4) is 0 Å². The van der Waals surface area contributed by atoms with E-state index in [-0.39, 0.29) is 5.12 Å². The van der Waals surface area contributed by atoms with Gasteiger partial charge in [0.15, 0.2) is 0 Å². The fourth-order valence-corrected chi connectivity index (χ4v) is 1.06. The van der Waals surface area contributed by atoms with Crippen LogP contribution in [0.15, 0.2) is 0 Å². The molecule has 48 valence electrons. The first-order chi connectivity index (χ1) is 3.72. The highest BCUT2D eigenvalue weighted by molar-refractivity contribution is 8.74. The molecule has 0 aromatic heterocycles. The van der Waals surface area contributed by atoms with Crippen LogP contribution >= 0.6 is 35.1 Å². The Morgan fingerprint density at radius 2 is 2.38 bits per heavy atom. The van der Waals surface area contributed by atoms with Crippen molar-refractivity contribution in [3.05, 3.63) is 0 Å². The second-order valence-electron chi connectivity index (χ2n) is 1.20. The minimum Gasteiger partial charge on any atom is -0.320 e. The van der Waals surface area contributed by atoms with E-state index in [1.807, 2.05) is 0 Å². The molecule has 0 aromatic rings. The standard InChI is InChI=1S/C3H7NOS3/c4-2(1-6)3(5)8-7/h2,6-7H,1,4H2. The fraction of sp³-hybridized carbons (Fsp3) is 0.667. The van der Waals surface area contributed by atoms with Gasteiger partial charge < -0.3 is 5.73 Å². The molecule has 0 aromatic carbocycles. The molecule has 1 atom stereocenters. The lowest BCUT2D eigenvalue weighted by Crippen LogP contribution is -2.29. The first-order valence-electron chi connectivity index (χ1n) is 1.94. The Hall–Kier alpha value is 0.680. The van der Waals surface area contributed by atoms with Crippen molar-refractivity contribution in [1.82, 2.24) is 0 Å². The van der Waals surface area contributed by atoms with Gasteiger partial charge >= 0.3 is 0 Å². The monoisotopic (exact) mass is 169 g/mol. The van der Waals surface area contributed by atoms with Crippen LogP contribution in [0.4, 0.5) is 0 Å². The quantitative estimate of drug-likeness (QED) is 0.413. The van der Waals surface area contributed by atoms with Crippen molar-refractivity contribution in [3.63, 3.8) is 0 Å². The molecule has 0 aliphatic heterocycles. The van der Waals surface area contributed by atoms with Crippen molar-refractivity contribution < 1.29 is 4.79 Å². The minimum atomic E-state index is -0.471. The van der Waals surface area contributed by atoms with Gasteiger partial charge in [0.05, 0.1) is 6.04 Å². The number of rotatable bonds is 2. The first-order valence-corrected chi connectivity index (χ1v) is 4.44. The summed E-state index contributed by atoms with van der Waals surface area (Å²) in [7, 11) is 0.839. The maximum Gasteiger partial charge on any atom is 0.216 e. The first kappa shape index (κ1) is 8.68. The van der Waals surface area contributed by atoms with Gasteiger partial charge in [-0.05, 0) is 10.8 Å². The summed E-state index contributed by atoms with van der Waals surface area (Å²) >= 11 is 7.48. The summed E-state index contributed by atoms with van der Waals surface area (Å²) in [5.41, 5.74) is 5.23. The average molecular weight is 169 g/mol. The zero-order valence-electron chi connectivity index (χ0n) is 4.07. The van der Waals surface area contributed by atoms with Gasteiger partial charge in [-0.25, -0.2) is 0 Å². The lowest BCUT2D eigenvalue weighted by atomic mass is 10.4. The summed E-state index contributed by atoms with van der Waals surface area (Å²) in [6.07, 6.45) is 0. The molecule has 0 saturated carbocycles. The Morgan fingerprint density at radius 1 is 1.88 bits per heavy atom. The highest BCUT2D eigenvalue weighted by atomic mass is 33.1. The average Bonchev–Trinajstić information content (AvgIpc) is 1.84. The van der Waals surface area contributed by atoms with Gasteiger partial charge in [0.1, 0.15) is 0 Å². The lowest BCUT2D eigenvalue weighted by molar-refractivity contribution is -0.111. The zero-order valence-corrected chi connectivity index (χ0v) is 6.68. The van der Waals surface area contributed by atoms with E-state index in [2.05, 4.69) is 24.3 Å². The molecule has 1 unspecified atom stereocenters. The minimum absolute atomic E-state index is 0.136. The molecule has 0 radical (unpaired) electrons. The Kier molecular flexibility index (Phi) is 4.94. The summed E-state index contributed by atoms with van der Waals surface area (Å²) < 4.78 is 0. The van der Waals surface area contributed by atoms with Crippen molar-refractivity contribution in [1.29, 1.82) is 0 Å². The molecule has 0 bridgehead atoms. The van der Waals surface area contributed by atoms with Crippen molar-refractivity contribution in [2.24, 2.45) is 5.73 Å². The van der Waals surface area contributed by atoms with E-state index < -0.39 is 6.04 Å². The van der Waals surface area contributed by atoms with Gasteiger partial charge in [-0.2, -0.15) is 12.6 Å². The van der Waals surface area contributed by atoms with Crippen LogP contribution < -0.4 is 5.73 Å². The Balaban J connectivity index is 3.46. The third-order valence-electron chi connectivity index (χ3n) is 0.589. The molecule has 0 aliphatic rings. The van der Waals surface area contributed by atoms with Crippen LogP contribution in [0.3, 0.4) is 0 Å². The highest BCUT2D eigenvalue weighted by Crippen LogP contribution is 2.08. The molecule has 0 heterocycles. The number of nitrogens with two attached hydrogens (primary N) is 1. The van der Waals surface area contributed by atoms with E-state index in [0.717, 1.165) is 10.8 Å². The summed E-state index contributed by atoms with van der Waals surface area (Å²) in [4.78, 5) is 10.5. The topological polar surface area (TPSA) is 43.1 Å². The summed E-state index contributed by atoms with van der Waals surface area (Å²) in [5.74, 6) is 0.381. The van der Waals surface area contributed by atoms with Gasteiger partial charge in [0, 0.05) is 5.75 Å². The second-order valence-corrected chi connectivity index (χ2v) is 2.70. The molecule has 0 spiro atoms. The van der Waals surface area contributed by atoms with Crippen LogP contribution in [0.25, 0.3) is 0 Å².